The number of hydrogen-bond donors (Lipinski definition) is 1. The summed E-state index contributed by atoms with van der Waals surface area (Å²) < 4.78 is 12.5. The van der Waals surface area contributed by atoms with Crippen molar-refractivity contribution in [3.05, 3.63) is 52.0 Å². The lowest BCUT2D eigenvalue weighted by Gasteiger charge is -2.25. The van der Waals surface area contributed by atoms with Crippen molar-refractivity contribution < 1.29 is 14.3 Å². The zero-order valence-electron chi connectivity index (χ0n) is 16.0. The molecule has 28 heavy (non-hydrogen) atoms. The van der Waals surface area contributed by atoms with Crippen molar-refractivity contribution in [2.45, 2.75) is 32.2 Å². The van der Waals surface area contributed by atoms with Crippen LogP contribution in [0, 0.1) is 6.92 Å². The Morgan fingerprint density at radius 1 is 1.14 bits per heavy atom. The maximum absolute atomic E-state index is 12.6. The first-order valence-electron chi connectivity index (χ1n) is 9.80. The second-order valence-corrected chi connectivity index (χ2v) is 8.27. The quantitative estimate of drug-likeness (QED) is 0.742. The number of nitrogens with zero attached hydrogens (tertiary/aromatic N) is 1. The fourth-order valence-electron chi connectivity index (χ4n) is 3.88. The molecule has 1 amide bonds. The Balaban J connectivity index is 1.45. The minimum Gasteiger partial charge on any atom is -0.490 e. The van der Waals surface area contributed by atoms with Crippen LogP contribution in [0.15, 0.2) is 40.9 Å². The van der Waals surface area contributed by atoms with Gasteiger partial charge in [-0.1, -0.05) is 12.1 Å². The van der Waals surface area contributed by atoms with Gasteiger partial charge in [0.25, 0.3) is 0 Å². The van der Waals surface area contributed by atoms with Gasteiger partial charge in [0.2, 0.25) is 5.91 Å². The van der Waals surface area contributed by atoms with Crippen LogP contribution in [0.3, 0.4) is 0 Å². The summed E-state index contributed by atoms with van der Waals surface area (Å²) in [6.45, 7) is 4.69. The third-order valence-corrected chi connectivity index (χ3v) is 5.92. The molecule has 1 fully saturated rings. The summed E-state index contributed by atoms with van der Waals surface area (Å²) in [6.07, 6.45) is 3.02. The number of carbonyl (C=O) groups excluding carboxylic acids is 1. The Labute approximate surface area is 174 Å². The van der Waals surface area contributed by atoms with Gasteiger partial charge in [-0.15, -0.1) is 0 Å². The summed E-state index contributed by atoms with van der Waals surface area (Å²) in [6, 6.07) is 12.3. The fraction of sp³-hybridized carbons (Fsp3) is 0.409. The van der Waals surface area contributed by atoms with E-state index in [1.165, 1.54) is 5.56 Å². The third kappa shape index (κ3) is 4.33. The number of hydrogen-bond acceptors (Lipinski definition) is 4. The molecule has 1 saturated heterocycles. The summed E-state index contributed by atoms with van der Waals surface area (Å²) >= 11 is 3.52. The molecule has 5 nitrogen and oxygen atoms in total. The van der Waals surface area contributed by atoms with Crippen molar-refractivity contribution in [3.63, 3.8) is 0 Å². The van der Waals surface area contributed by atoms with Gasteiger partial charge in [-0.2, -0.15) is 0 Å². The molecule has 2 aliphatic heterocycles. The van der Waals surface area contributed by atoms with E-state index < -0.39 is 0 Å². The zero-order chi connectivity index (χ0) is 19.5. The minimum atomic E-state index is 0.00537. The molecule has 6 heteroatoms. The van der Waals surface area contributed by atoms with Gasteiger partial charge in [0.05, 0.1) is 25.4 Å². The van der Waals surface area contributed by atoms with E-state index in [1.54, 1.807) is 0 Å². The van der Waals surface area contributed by atoms with E-state index in [1.807, 2.05) is 31.2 Å². The number of nitrogens with one attached hydrogen (secondary N) is 1. The lowest BCUT2D eigenvalue weighted by Crippen LogP contribution is -2.33. The molecule has 1 atom stereocenters. The number of fused-ring (bicyclic) bond motifs is 1. The summed E-state index contributed by atoms with van der Waals surface area (Å²) in [7, 11) is 0. The molecule has 2 aromatic rings. The maximum Gasteiger partial charge on any atom is 0.238 e. The van der Waals surface area contributed by atoms with Crippen LogP contribution in [0.4, 0.5) is 5.69 Å². The van der Waals surface area contributed by atoms with Gasteiger partial charge in [0, 0.05) is 16.9 Å². The molecule has 2 heterocycles. The van der Waals surface area contributed by atoms with Gasteiger partial charge in [-0.3, -0.25) is 9.69 Å². The molecule has 1 N–H and O–H groups in total. The number of likely N-dealkylation sites (tertiary alicyclic amines) is 1. The van der Waals surface area contributed by atoms with Gasteiger partial charge in [-0.25, -0.2) is 0 Å². The molecule has 0 unspecified atom stereocenters. The summed E-state index contributed by atoms with van der Waals surface area (Å²) in [5, 5.41) is 3.02. The van der Waals surface area contributed by atoms with Crippen LogP contribution in [-0.2, 0) is 4.79 Å². The Morgan fingerprint density at radius 2 is 1.96 bits per heavy atom. The second kappa shape index (κ2) is 8.53. The molecule has 0 radical (unpaired) electrons. The van der Waals surface area contributed by atoms with Gasteiger partial charge in [0.15, 0.2) is 11.5 Å². The van der Waals surface area contributed by atoms with Crippen molar-refractivity contribution in [2.24, 2.45) is 0 Å². The van der Waals surface area contributed by atoms with Crippen LogP contribution in [-0.4, -0.2) is 37.1 Å². The average molecular weight is 445 g/mol. The van der Waals surface area contributed by atoms with E-state index in [0.717, 1.165) is 53.0 Å². The molecular formula is C22H25BrN2O3. The molecule has 0 aromatic heterocycles. The first-order chi connectivity index (χ1) is 13.6. The van der Waals surface area contributed by atoms with Crippen LogP contribution in [0.2, 0.25) is 0 Å². The molecule has 0 aliphatic carbocycles. The second-order valence-electron chi connectivity index (χ2n) is 7.42. The highest BCUT2D eigenvalue weighted by Gasteiger charge is 2.28. The molecule has 0 saturated carbocycles. The summed E-state index contributed by atoms with van der Waals surface area (Å²) in [5.41, 5.74) is 3.15. The number of aryl methyl sites for hydroxylation is 1. The molecule has 148 valence electrons. The molecule has 2 aromatic carbocycles. The van der Waals surface area contributed by atoms with Gasteiger partial charge in [-0.05, 0) is 77.6 Å². The van der Waals surface area contributed by atoms with Crippen LogP contribution < -0.4 is 14.8 Å². The number of carbonyl (C=O) groups is 1. The van der Waals surface area contributed by atoms with Crippen molar-refractivity contribution in [3.8, 4) is 11.5 Å². The molecule has 0 bridgehead atoms. The van der Waals surface area contributed by atoms with Crippen molar-refractivity contribution >= 4 is 27.5 Å². The van der Waals surface area contributed by atoms with E-state index in [2.05, 4.69) is 38.3 Å². The highest BCUT2D eigenvalue weighted by Crippen LogP contribution is 2.37. The predicted octanol–water partition coefficient (Wildman–Crippen LogP) is 4.69. The Bertz CT molecular complexity index is 871. The Hall–Kier alpha value is -2.05. The number of ether oxygens (including phenoxy) is 2. The third-order valence-electron chi connectivity index (χ3n) is 5.27. The number of halogens is 1. The highest BCUT2D eigenvalue weighted by molar-refractivity contribution is 9.10. The normalized spacial score (nSPS) is 19.3. The topological polar surface area (TPSA) is 50.8 Å². The van der Waals surface area contributed by atoms with E-state index in [0.29, 0.717) is 19.8 Å². The Morgan fingerprint density at radius 3 is 2.79 bits per heavy atom. The molecule has 4 rings (SSSR count). The SMILES string of the molecule is Cc1ccc(NC(=O)CN2CCC[C@H]2c2ccc3c(c2)OCCCO3)c(Br)c1. The van der Waals surface area contributed by atoms with Crippen LogP contribution >= 0.6 is 15.9 Å². The summed E-state index contributed by atoms with van der Waals surface area (Å²) in [4.78, 5) is 14.9. The number of benzene rings is 2. The molecule has 0 spiro atoms. The van der Waals surface area contributed by atoms with Crippen molar-refractivity contribution in [1.29, 1.82) is 0 Å². The van der Waals surface area contributed by atoms with Crippen LogP contribution in [0.5, 0.6) is 11.5 Å². The van der Waals surface area contributed by atoms with Gasteiger partial charge in [0.1, 0.15) is 0 Å². The summed E-state index contributed by atoms with van der Waals surface area (Å²) in [5.74, 6) is 1.63. The zero-order valence-corrected chi connectivity index (χ0v) is 17.6. The van der Waals surface area contributed by atoms with Crippen LogP contribution in [0.25, 0.3) is 0 Å². The molecular weight excluding hydrogens is 420 g/mol. The predicted molar refractivity (Wildman–Crippen MR) is 113 cm³/mol. The van der Waals surface area contributed by atoms with Crippen molar-refractivity contribution in [2.75, 3.05) is 31.6 Å². The highest BCUT2D eigenvalue weighted by atomic mass is 79.9. The standard InChI is InChI=1S/C22H25BrN2O3/c1-15-5-7-18(17(23)12-15)24-22(26)14-25-9-2-4-19(25)16-6-8-20-21(13-16)28-11-3-10-27-20/h5-8,12-13,19H,2-4,9-11,14H2,1H3,(H,24,26)/t19-/m0/s1. The lowest BCUT2D eigenvalue weighted by atomic mass is 10.0. The van der Waals surface area contributed by atoms with Gasteiger partial charge >= 0.3 is 0 Å². The number of rotatable bonds is 4. The maximum atomic E-state index is 12.6. The van der Waals surface area contributed by atoms with Gasteiger partial charge < -0.3 is 14.8 Å². The number of amides is 1. The van der Waals surface area contributed by atoms with Crippen LogP contribution in [0.1, 0.15) is 36.4 Å². The first kappa shape index (κ1) is 19.3. The number of anilines is 1. The van der Waals surface area contributed by atoms with E-state index >= 15 is 0 Å². The monoisotopic (exact) mass is 444 g/mol. The Kier molecular flexibility index (Phi) is 5.87. The lowest BCUT2D eigenvalue weighted by molar-refractivity contribution is -0.117. The van der Waals surface area contributed by atoms with Crippen molar-refractivity contribution in [1.82, 2.24) is 4.90 Å². The van der Waals surface area contributed by atoms with E-state index in [-0.39, 0.29) is 11.9 Å². The first-order valence-corrected chi connectivity index (χ1v) is 10.6. The van der Waals surface area contributed by atoms with E-state index in [4.69, 9.17) is 9.47 Å². The minimum absolute atomic E-state index is 0.00537. The fourth-order valence-corrected chi connectivity index (χ4v) is 4.47. The average Bonchev–Trinajstić information content (AvgIpc) is 2.99. The smallest absolute Gasteiger partial charge is 0.238 e. The van der Waals surface area contributed by atoms with E-state index in [9.17, 15) is 4.79 Å². The largest absolute Gasteiger partial charge is 0.490 e. The molecule has 2 aliphatic rings.